The highest BCUT2D eigenvalue weighted by atomic mass is 32.1. The average molecular weight is 406 g/mol. The molecule has 0 aliphatic heterocycles. The van der Waals surface area contributed by atoms with Crippen molar-refractivity contribution in [2.24, 2.45) is 5.73 Å². The van der Waals surface area contributed by atoms with Crippen LogP contribution in [0.25, 0.3) is 0 Å². The van der Waals surface area contributed by atoms with Gasteiger partial charge in [0.25, 0.3) is 11.8 Å². The van der Waals surface area contributed by atoms with Gasteiger partial charge in [0.1, 0.15) is 5.82 Å². The molecule has 10 heteroatoms. The second-order valence-electron chi connectivity index (χ2n) is 5.51. The third kappa shape index (κ3) is 6.40. The molecule has 0 aliphatic carbocycles. The molecular formula is C18H19FN4O4S. The molecule has 0 aromatic heterocycles. The largest absolute Gasteiger partial charge is 0.493 e. The molecule has 5 N–H and O–H groups in total. The molecule has 0 unspecified atom stereocenters. The Bertz CT molecular complexity index is 861. The maximum atomic E-state index is 12.9. The number of ether oxygens (including phenoxy) is 2. The van der Waals surface area contributed by atoms with Crippen LogP contribution in [0.4, 0.5) is 4.39 Å². The van der Waals surface area contributed by atoms with Crippen molar-refractivity contribution in [2.75, 3.05) is 13.7 Å². The number of hydrazine groups is 1. The average Bonchev–Trinajstić information content (AvgIpc) is 2.69. The summed E-state index contributed by atoms with van der Waals surface area (Å²) in [4.78, 5) is 23.0. The number of methoxy groups -OCH3 is 1. The first-order chi connectivity index (χ1) is 13.4. The lowest BCUT2D eigenvalue weighted by molar-refractivity contribution is -0.119. The van der Waals surface area contributed by atoms with Crippen molar-refractivity contribution in [3.63, 3.8) is 0 Å². The van der Waals surface area contributed by atoms with E-state index in [2.05, 4.69) is 16.2 Å². The number of halogens is 1. The van der Waals surface area contributed by atoms with Gasteiger partial charge in [-0.15, -0.1) is 0 Å². The van der Waals surface area contributed by atoms with E-state index in [4.69, 9.17) is 27.4 Å². The molecular weight excluding hydrogens is 387 g/mol. The summed E-state index contributed by atoms with van der Waals surface area (Å²) in [5.41, 5.74) is 11.1. The molecule has 148 valence electrons. The summed E-state index contributed by atoms with van der Waals surface area (Å²) in [7, 11) is 1.40. The Morgan fingerprint density at radius 3 is 2.46 bits per heavy atom. The Morgan fingerprint density at radius 2 is 1.82 bits per heavy atom. The van der Waals surface area contributed by atoms with Crippen molar-refractivity contribution in [3.05, 3.63) is 59.4 Å². The Balaban J connectivity index is 1.86. The number of hydrogen-bond acceptors (Lipinski definition) is 5. The summed E-state index contributed by atoms with van der Waals surface area (Å²) >= 11 is 5.08. The molecule has 8 nitrogen and oxygen atoms in total. The van der Waals surface area contributed by atoms with Gasteiger partial charge in [-0.1, -0.05) is 12.1 Å². The van der Waals surface area contributed by atoms with Crippen LogP contribution in [0.15, 0.2) is 42.5 Å². The molecule has 0 saturated carbocycles. The molecule has 0 atom stereocenters. The Kier molecular flexibility index (Phi) is 7.52. The fraction of sp³-hybridized carbons (Fsp3) is 0.167. The Hall–Kier alpha value is -3.40. The Labute approximate surface area is 166 Å². The normalized spacial score (nSPS) is 9.93. The minimum Gasteiger partial charge on any atom is -0.493 e. The van der Waals surface area contributed by atoms with E-state index >= 15 is 0 Å². The lowest BCUT2D eigenvalue weighted by Crippen LogP contribution is -2.46. The van der Waals surface area contributed by atoms with Gasteiger partial charge in [-0.25, -0.2) is 4.39 Å². The number of hydrogen-bond donors (Lipinski definition) is 4. The smallest absolute Gasteiger partial charge is 0.269 e. The summed E-state index contributed by atoms with van der Waals surface area (Å²) < 4.78 is 23.2. The predicted octanol–water partition coefficient (Wildman–Crippen LogP) is 1.01. The molecule has 0 bridgehead atoms. The monoisotopic (exact) mass is 406 g/mol. The first-order valence-electron chi connectivity index (χ1n) is 8.07. The molecule has 2 aromatic carbocycles. The van der Waals surface area contributed by atoms with E-state index in [1.807, 2.05) is 0 Å². The number of thiocarbonyl (C=S) groups is 1. The van der Waals surface area contributed by atoms with Gasteiger partial charge in [0.15, 0.2) is 23.2 Å². The third-order valence-electron chi connectivity index (χ3n) is 3.45. The van der Waals surface area contributed by atoms with E-state index < -0.39 is 11.8 Å². The van der Waals surface area contributed by atoms with E-state index in [9.17, 15) is 14.0 Å². The number of nitrogens with two attached hydrogens (primary N) is 1. The highest BCUT2D eigenvalue weighted by Crippen LogP contribution is 2.27. The van der Waals surface area contributed by atoms with E-state index in [1.54, 1.807) is 12.1 Å². The quantitative estimate of drug-likeness (QED) is 0.401. The minimum absolute atomic E-state index is 0.186. The van der Waals surface area contributed by atoms with Crippen molar-refractivity contribution in [2.45, 2.75) is 6.54 Å². The van der Waals surface area contributed by atoms with E-state index in [0.717, 1.165) is 5.56 Å². The zero-order valence-corrected chi connectivity index (χ0v) is 15.8. The number of nitrogens with one attached hydrogen (secondary N) is 3. The molecule has 0 fully saturated rings. The van der Waals surface area contributed by atoms with Crippen molar-refractivity contribution in [1.82, 2.24) is 16.2 Å². The fourth-order valence-electron chi connectivity index (χ4n) is 2.09. The zero-order valence-electron chi connectivity index (χ0n) is 15.0. The van der Waals surface area contributed by atoms with Gasteiger partial charge in [-0.05, 0) is 48.1 Å². The van der Waals surface area contributed by atoms with E-state index in [1.165, 1.54) is 37.4 Å². The van der Waals surface area contributed by atoms with Crippen LogP contribution in [-0.4, -0.2) is 30.6 Å². The number of primary amides is 1. The van der Waals surface area contributed by atoms with Gasteiger partial charge in [-0.2, -0.15) is 0 Å². The number of carbonyl (C=O) groups is 2. The lowest BCUT2D eigenvalue weighted by Gasteiger charge is -2.13. The number of benzene rings is 2. The van der Waals surface area contributed by atoms with Gasteiger partial charge >= 0.3 is 0 Å². The number of amides is 2. The zero-order chi connectivity index (χ0) is 20.5. The standard InChI is InChI=1S/C18H19FN4O4S/c1-26-15-8-12(4-7-14(15)27-10-16(20)24)17(25)22-23-18(28)21-9-11-2-5-13(19)6-3-11/h2-8H,9-10H2,1H3,(H2,20,24)(H,22,25)(H2,21,23,28). The van der Waals surface area contributed by atoms with Crippen LogP contribution in [0, 0.1) is 5.82 Å². The van der Waals surface area contributed by atoms with Crippen molar-refractivity contribution < 1.29 is 23.5 Å². The topological polar surface area (TPSA) is 115 Å². The van der Waals surface area contributed by atoms with Gasteiger partial charge in [0.2, 0.25) is 0 Å². The van der Waals surface area contributed by atoms with Crippen LogP contribution in [0.2, 0.25) is 0 Å². The molecule has 2 aromatic rings. The van der Waals surface area contributed by atoms with Crippen molar-refractivity contribution in [1.29, 1.82) is 0 Å². The summed E-state index contributed by atoms with van der Waals surface area (Å²) in [5, 5.41) is 3.07. The van der Waals surface area contributed by atoms with Crippen LogP contribution in [-0.2, 0) is 11.3 Å². The molecule has 2 amide bonds. The number of carbonyl (C=O) groups excluding carboxylic acids is 2. The maximum Gasteiger partial charge on any atom is 0.269 e. The SMILES string of the molecule is COc1cc(C(=O)NNC(=S)NCc2ccc(F)cc2)ccc1OCC(N)=O. The van der Waals surface area contributed by atoms with Crippen LogP contribution in [0.3, 0.4) is 0 Å². The fourth-order valence-corrected chi connectivity index (χ4v) is 2.21. The molecule has 0 spiro atoms. The molecule has 0 saturated heterocycles. The highest BCUT2D eigenvalue weighted by Gasteiger charge is 2.12. The summed E-state index contributed by atoms with van der Waals surface area (Å²) in [6, 6.07) is 10.4. The first-order valence-corrected chi connectivity index (χ1v) is 8.47. The molecule has 2 rings (SSSR count). The van der Waals surface area contributed by atoms with Crippen molar-refractivity contribution >= 4 is 29.1 Å². The van der Waals surface area contributed by atoms with Crippen LogP contribution < -0.4 is 31.4 Å². The van der Waals surface area contributed by atoms with Gasteiger partial charge in [-0.3, -0.25) is 20.4 Å². The molecule has 0 aliphatic rings. The lowest BCUT2D eigenvalue weighted by atomic mass is 10.2. The highest BCUT2D eigenvalue weighted by molar-refractivity contribution is 7.80. The third-order valence-corrected chi connectivity index (χ3v) is 3.70. The Morgan fingerprint density at radius 1 is 1.11 bits per heavy atom. The van der Waals surface area contributed by atoms with Crippen LogP contribution >= 0.6 is 12.2 Å². The summed E-state index contributed by atoms with van der Waals surface area (Å²) in [5.74, 6) is -0.869. The summed E-state index contributed by atoms with van der Waals surface area (Å²) in [6.45, 7) is 0.0547. The van der Waals surface area contributed by atoms with Crippen LogP contribution in [0.5, 0.6) is 11.5 Å². The number of rotatable bonds is 7. The summed E-state index contributed by atoms with van der Waals surface area (Å²) in [6.07, 6.45) is 0. The second kappa shape index (κ2) is 10.1. The maximum absolute atomic E-state index is 12.9. The van der Waals surface area contributed by atoms with Crippen molar-refractivity contribution in [3.8, 4) is 11.5 Å². The van der Waals surface area contributed by atoms with Gasteiger partial charge in [0, 0.05) is 12.1 Å². The first kappa shape index (κ1) is 20.9. The predicted molar refractivity (Wildman–Crippen MR) is 104 cm³/mol. The van der Waals surface area contributed by atoms with E-state index in [-0.39, 0.29) is 34.6 Å². The molecule has 0 heterocycles. The molecule has 28 heavy (non-hydrogen) atoms. The van der Waals surface area contributed by atoms with Crippen LogP contribution in [0.1, 0.15) is 15.9 Å². The minimum atomic E-state index is -0.630. The van der Waals surface area contributed by atoms with E-state index in [0.29, 0.717) is 6.54 Å². The second-order valence-corrected chi connectivity index (χ2v) is 5.92. The van der Waals surface area contributed by atoms with Gasteiger partial charge in [0.05, 0.1) is 7.11 Å². The molecule has 0 radical (unpaired) electrons. The van der Waals surface area contributed by atoms with Gasteiger partial charge < -0.3 is 20.5 Å².